The Bertz CT molecular complexity index is 933. The molecule has 1 saturated heterocycles. The minimum absolute atomic E-state index is 0.0536. The van der Waals surface area contributed by atoms with Crippen LogP contribution in [-0.2, 0) is 24.3 Å². The smallest absolute Gasteiger partial charge is 0.247 e. The number of carbonyl (C=O) groups excluding carboxylic acids is 2. The van der Waals surface area contributed by atoms with Crippen molar-refractivity contribution >= 4 is 27.9 Å². The highest BCUT2D eigenvalue weighted by atomic mass is 32.2. The highest BCUT2D eigenvalue weighted by Gasteiger charge is 2.35. The van der Waals surface area contributed by atoms with Crippen LogP contribution < -0.4 is 10.9 Å². The van der Waals surface area contributed by atoms with Crippen LogP contribution in [0.5, 0.6) is 0 Å². The number of hydrogen-bond donors (Lipinski definition) is 3. The maximum atomic E-state index is 13.3. The molecule has 0 saturated carbocycles. The van der Waals surface area contributed by atoms with Crippen molar-refractivity contribution < 1.29 is 28.0 Å². The number of amides is 2. The third-order valence-electron chi connectivity index (χ3n) is 5.85. The summed E-state index contributed by atoms with van der Waals surface area (Å²) in [5.74, 6) is -2.95. The number of nitrogens with zero attached hydrogens (tertiary/aromatic N) is 2. The molecule has 1 fully saturated rings. The molecule has 3 N–H and O–H groups in total. The highest BCUT2D eigenvalue weighted by Crippen LogP contribution is 2.25. The van der Waals surface area contributed by atoms with Crippen LogP contribution in [0.4, 0.5) is 0 Å². The monoisotopic (exact) mass is 510 g/mol. The summed E-state index contributed by atoms with van der Waals surface area (Å²) in [5.41, 5.74) is 5.14. The van der Waals surface area contributed by atoms with E-state index in [0.717, 1.165) is 16.2 Å². The second kappa shape index (κ2) is 14.3. The molecule has 1 aliphatic rings. The second-order valence-electron chi connectivity index (χ2n) is 9.13. The summed E-state index contributed by atoms with van der Waals surface area (Å²) in [6.07, 6.45) is 5.18. The molecule has 1 heterocycles. The van der Waals surface area contributed by atoms with Gasteiger partial charge < -0.3 is 4.74 Å². The summed E-state index contributed by atoms with van der Waals surface area (Å²) >= 11 is 0. The van der Waals surface area contributed by atoms with E-state index in [1.807, 2.05) is 50.3 Å². The predicted octanol–water partition coefficient (Wildman–Crippen LogP) is 1.50. The van der Waals surface area contributed by atoms with Crippen molar-refractivity contribution in [3.63, 3.8) is 0 Å². The zero-order valence-electron chi connectivity index (χ0n) is 20.7. The van der Waals surface area contributed by atoms with E-state index in [4.69, 9.17) is 4.74 Å². The number of nitrogens with one attached hydrogen (secondary N) is 2. The van der Waals surface area contributed by atoms with E-state index in [1.165, 1.54) is 0 Å². The van der Waals surface area contributed by atoms with E-state index in [2.05, 4.69) is 10.3 Å². The van der Waals surface area contributed by atoms with E-state index in [9.17, 15) is 23.2 Å². The molecule has 11 heteroatoms. The Morgan fingerprint density at radius 1 is 1.14 bits per heavy atom. The second-order valence-corrected chi connectivity index (χ2v) is 11.0. The number of rotatable bonds is 13. The number of morpholine rings is 1. The maximum Gasteiger partial charge on any atom is 0.247 e. The lowest BCUT2D eigenvalue weighted by atomic mass is 9.82. The normalized spacial score (nSPS) is 17.0. The van der Waals surface area contributed by atoms with Crippen LogP contribution in [0.2, 0.25) is 0 Å². The third kappa shape index (κ3) is 10.1. The zero-order valence-corrected chi connectivity index (χ0v) is 21.5. The number of allylic oxidation sites excluding steroid dienone is 1. The Hall–Kier alpha value is -2.31. The van der Waals surface area contributed by atoms with E-state index in [1.54, 1.807) is 11.6 Å². The molecule has 1 aliphatic heterocycles. The Labute approximate surface area is 208 Å². The molecule has 0 aliphatic carbocycles. The average Bonchev–Trinajstić information content (AvgIpc) is 2.83. The summed E-state index contributed by atoms with van der Waals surface area (Å²) in [7, 11) is -3.75. The standard InChI is InChI=1S/C24H38N4O6S/c1-19(2)18-22(21(24(30)26-31)11-7-10-20-8-5-4-6-9-20)23(29)25-28(35(3,32)33)13-12-27-14-16-34-17-15-27/h4-10,19,21-22,31H,11-18H2,1-3H3,(H,25,29)(H,26,30)/t21-,22+/m0/s1. The SMILES string of the molecule is CC(C)C[C@@H](C(=O)NN(CCN1CCOCC1)S(C)(=O)=O)[C@H](CC=Cc1ccccc1)C(=O)NO. The first-order valence-corrected chi connectivity index (χ1v) is 13.7. The lowest BCUT2D eigenvalue weighted by Crippen LogP contribution is -2.53. The first-order valence-electron chi connectivity index (χ1n) is 11.9. The molecule has 10 nitrogen and oxygen atoms in total. The van der Waals surface area contributed by atoms with Gasteiger partial charge in [0.15, 0.2) is 0 Å². The molecular formula is C24H38N4O6S. The van der Waals surface area contributed by atoms with Gasteiger partial charge in [-0.15, -0.1) is 4.41 Å². The Morgan fingerprint density at radius 2 is 1.80 bits per heavy atom. The van der Waals surface area contributed by atoms with Gasteiger partial charge in [0.1, 0.15) is 0 Å². The van der Waals surface area contributed by atoms with Crippen molar-refractivity contribution in [3.8, 4) is 0 Å². The van der Waals surface area contributed by atoms with Gasteiger partial charge in [-0.25, -0.2) is 13.9 Å². The summed E-state index contributed by atoms with van der Waals surface area (Å²) < 4.78 is 31.1. The van der Waals surface area contributed by atoms with Crippen LogP contribution in [0.25, 0.3) is 6.08 Å². The van der Waals surface area contributed by atoms with E-state index in [-0.39, 0.29) is 18.9 Å². The quantitative estimate of drug-likeness (QED) is 0.271. The summed E-state index contributed by atoms with van der Waals surface area (Å²) in [6.45, 7) is 6.88. The van der Waals surface area contributed by atoms with Crippen molar-refractivity contribution in [1.82, 2.24) is 20.2 Å². The minimum Gasteiger partial charge on any atom is -0.379 e. The molecule has 1 aromatic rings. The number of hydrogen-bond acceptors (Lipinski definition) is 7. The first kappa shape index (κ1) is 28.9. The lowest BCUT2D eigenvalue weighted by molar-refractivity contribution is -0.141. The fraction of sp³-hybridized carbons (Fsp3) is 0.583. The van der Waals surface area contributed by atoms with Crippen LogP contribution in [0.3, 0.4) is 0 Å². The van der Waals surface area contributed by atoms with Gasteiger partial charge in [0, 0.05) is 26.2 Å². The summed E-state index contributed by atoms with van der Waals surface area (Å²) in [5, 5.41) is 9.35. The number of carbonyl (C=O) groups is 2. The average molecular weight is 511 g/mol. The van der Waals surface area contributed by atoms with Gasteiger partial charge in [-0.05, 0) is 24.3 Å². The molecule has 0 bridgehead atoms. The van der Waals surface area contributed by atoms with Crippen molar-refractivity contribution in [2.75, 3.05) is 45.6 Å². The summed E-state index contributed by atoms with van der Waals surface area (Å²) in [6, 6.07) is 9.50. The predicted molar refractivity (Wildman–Crippen MR) is 133 cm³/mol. The maximum absolute atomic E-state index is 13.3. The summed E-state index contributed by atoms with van der Waals surface area (Å²) in [4.78, 5) is 28.0. The van der Waals surface area contributed by atoms with Crippen LogP contribution in [-0.4, -0.2) is 80.4 Å². The Morgan fingerprint density at radius 3 is 2.37 bits per heavy atom. The minimum atomic E-state index is -3.75. The number of ether oxygens (including phenoxy) is 1. The van der Waals surface area contributed by atoms with Gasteiger partial charge >= 0.3 is 0 Å². The molecular weight excluding hydrogens is 472 g/mol. The molecule has 0 unspecified atom stereocenters. The van der Waals surface area contributed by atoms with Crippen LogP contribution in [0.1, 0.15) is 32.3 Å². The third-order valence-corrected chi connectivity index (χ3v) is 6.93. The molecule has 1 aromatic carbocycles. The number of hydrazine groups is 1. The largest absolute Gasteiger partial charge is 0.379 e. The number of sulfonamides is 1. The van der Waals surface area contributed by atoms with Crippen LogP contribution in [0, 0.1) is 17.8 Å². The highest BCUT2D eigenvalue weighted by molar-refractivity contribution is 7.88. The van der Waals surface area contributed by atoms with Gasteiger partial charge in [-0.2, -0.15) is 0 Å². The molecule has 2 amide bonds. The van der Waals surface area contributed by atoms with Crippen molar-refractivity contribution in [3.05, 3.63) is 42.0 Å². The van der Waals surface area contributed by atoms with Gasteiger partial charge in [-0.3, -0.25) is 25.1 Å². The molecule has 196 valence electrons. The fourth-order valence-electron chi connectivity index (χ4n) is 3.98. The first-order chi connectivity index (χ1) is 16.6. The van der Waals surface area contributed by atoms with E-state index >= 15 is 0 Å². The van der Waals surface area contributed by atoms with E-state index < -0.39 is 33.7 Å². The molecule has 0 spiro atoms. The molecule has 0 radical (unpaired) electrons. The fourth-order valence-corrected chi connectivity index (χ4v) is 4.65. The van der Waals surface area contributed by atoms with Gasteiger partial charge in [0.2, 0.25) is 21.8 Å². The Balaban J connectivity index is 2.18. The zero-order chi connectivity index (χ0) is 25.8. The van der Waals surface area contributed by atoms with Gasteiger partial charge in [-0.1, -0.05) is 56.3 Å². The van der Waals surface area contributed by atoms with Crippen molar-refractivity contribution in [1.29, 1.82) is 0 Å². The van der Waals surface area contributed by atoms with Crippen molar-refractivity contribution in [2.24, 2.45) is 17.8 Å². The van der Waals surface area contributed by atoms with Crippen LogP contribution >= 0.6 is 0 Å². The van der Waals surface area contributed by atoms with Gasteiger partial charge in [0.25, 0.3) is 0 Å². The van der Waals surface area contributed by atoms with Crippen LogP contribution in [0.15, 0.2) is 36.4 Å². The lowest BCUT2D eigenvalue weighted by Gasteiger charge is -2.31. The van der Waals surface area contributed by atoms with E-state index in [0.29, 0.717) is 39.3 Å². The topological polar surface area (TPSA) is 128 Å². The van der Waals surface area contributed by atoms with Gasteiger partial charge in [0.05, 0.1) is 31.3 Å². The molecule has 2 rings (SSSR count). The van der Waals surface area contributed by atoms with Crippen molar-refractivity contribution in [2.45, 2.75) is 26.7 Å². The number of benzene rings is 1. The number of hydroxylamine groups is 1. The molecule has 35 heavy (non-hydrogen) atoms. The Kier molecular flexibility index (Phi) is 11.8. The molecule has 2 atom stereocenters. The molecule has 0 aromatic heterocycles.